The number of ether oxygens (including phenoxy) is 2. The second-order valence-electron chi connectivity index (χ2n) is 8.22. The smallest absolute Gasteiger partial charge is 0.191 e. The highest BCUT2D eigenvalue weighted by Gasteiger charge is 2.44. The molecule has 1 heterocycles. The highest BCUT2D eigenvalue weighted by atomic mass is 127. The van der Waals surface area contributed by atoms with Crippen molar-refractivity contribution in [2.24, 2.45) is 4.99 Å². The molecule has 1 saturated heterocycles. The number of rotatable bonds is 7. The van der Waals surface area contributed by atoms with Crippen LogP contribution in [0.3, 0.4) is 0 Å². The van der Waals surface area contributed by atoms with E-state index in [1.54, 1.807) is 14.2 Å². The average Bonchev–Trinajstić information content (AvgIpc) is 3.46. The minimum absolute atomic E-state index is 0. The van der Waals surface area contributed by atoms with E-state index in [9.17, 15) is 0 Å². The Balaban J connectivity index is 0.00000272. The highest BCUT2D eigenvalue weighted by Crippen LogP contribution is 2.47. The lowest BCUT2D eigenvalue weighted by Crippen LogP contribution is -2.46. The standard InChI is InChI=1S/C24H32N4O2.HI/c1-25-23(26-17-24(10-11-24)18-7-5-4-6-8-18)27-19-9-12-28(16-19)20-13-21(29-2)15-22(14-20)30-3;/h4-8,13-15,19H,9-12,16-17H2,1-3H3,(H2,25,26,27);1H. The van der Waals surface area contributed by atoms with Gasteiger partial charge in [-0.2, -0.15) is 0 Å². The number of hydrogen-bond donors (Lipinski definition) is 2. The predicted molar refractivity (Wildman–Crippen MR) is 137 cm³/mol. The lowest BCUT2D eigenvalue weighted by atomic mass is 9.96. The van der Waals surface area contributed by atoms with E-state index < -0.39 is 0 Å². The number of anilines is 1. The Bertz CT molecular complexity index is 864. The molecule has 168 valence electrons. The van der Waals surface area contributed by atoms with E-state index in [4.69, 9.17) is 9.47 Å². The molecule has 0 amide bonds. The number of aliphatic imine (C=N–C) groups is 1. The fraction of sp³-hybridized carbons (Fsp3) is 0.458. The van der Waals surface area contributed by atoms with Crippen molar-refractivity contribution in [1.29, 1.82) is 0 Å². The molecule has 0 bridgehead atoms. The number of methoxy groups -OCH3 is 2. The second-order valence-corrected chi connectivity index (χ2v) is 8.22. The molecule has 1 aliphatic heterocycles. The third-order valence-corrected chi connectivity index (χ3v) is 6.29. The molecule has 1 aliphatic carbocycles. The van der Waals surface area contributed by atoms with Crippen LogP contribution in [0.5, 0.6) is 11.5 Å². The number of benzene rings is 2. The molecule has 2 N–H and O–H groups in total. The van der Waals surface area contributed by atoms with E-state index in [0.29, 0.717) is 6.04 Å². The van der Waals surface area contributed by atoms with Crippen molar-refractivity contribution >= 4 is 35.6 Å². The Kier molecular flexibility index (Phi) is 7.91. The van der Waals surface area contributed by atoms with E-state index in [-0.39, 0.29) is 29.4 Å². The first kappa shape index (κ1) is 23.5. The summed E-state index contributed by atoms with van der Waals surface area (Å²) in [5.41, 5.74) is 2.81. The van der Waals surface area contributed by atoms with Crippen molar-refractivity contribution < 1.29 is 9.47 Å². The van der Waals surface area contributed by atoms with Gasteiger partial charge in [-0.15, -0.1) is 24.0 Å². The maximum atomic E-state index is 5.42. The molecule has 0 radical (unpaired) electrons. The largest absolute Gasteiger partial charge is 0.497 e. The van der Waals surface area contributed by atoms with Gasteiger partial charge in [0.25, 0.3) is 0 Å². The molecule has 0 spiro atoms. The summed E-state index contributed by atoms with van der Waals surface area (Å²) >= 11 is 0. The van der Waals surface area contributed by atoms with Crippen LogP contribution in [-0.4, -0.2) is 52.9 Å². The zero-order valence-electron chi connectivity index (χ0n) is 18.6. The SMILES string of the molecule is CN=C(NCC1(c2ccccc2)CC1)NC1CCN(c2cc(OC)cc(OC)c2)C1.I. The van der Waals surface area contributed by atoms with Crippen LogP contribution >= 0.6 is 24.0 Å². The topological polar surface area (TPSA) is 58.1 Å². The minimum Gasteiger partial charge on any atom is -0.497 e. The Morgan fingerprint density at radius 3 is 2.35 bits per heavy atom. The lowest BCUT2D eigenvalue weighted by molar-refractivity contribution is 0.394. The molecule has 1 saturated carbocycles. The second kappa shape index (κ2) is 10.4. The minimum atomic E-state index is 0. The molecular formula is C24H33IN4O2. The van der Waals surface area contributed by atoms with Crippen LogP contribution in [0.15, 0.2) is 53.5 Å². The lowest BCUT2D eigenvalue weighted by Gasteiger charge is -2.23. The molecule has 2 fully saturated rings. The van der Waals surface area contributed by atoms with Crippen LogP contribution in [0.1, 0.15) is 24.8 Å². The Morgan fingerprint density at radius 1 is 1.10 bits per heavy atom. The number of nitrogens with zero attached hydrogens (tertiary/aromatic N) is 2. The van der Waals surface area contributed by atoms with Crippen LogP contribution in [0.2, 0.25) is 0 Å². The fourth-order valence-electron chi connectivity index (χ4n) is 4.24. The van der Waals surface area contributed by atoms with Crippen LogP contribution in [0.25, 0.3) is 0 Å². The number of halogens is 1. The van der Waals surface area contributed by atoms with Crippen LogP contribution < -0.4 is 25.0 Å². The summed E-state index contributed by atoms with van der Waals surface area (Å²) in [6, 6.07) is 17.2. The van der Waals surface area contributed by atoms with E-state index in [0.717, 1.165) is 49.2 Å². The first-order valence-electron chi connectivity index (χ1n) is 10.7. The molecule has 4 rings (SSSR count). The quantitative estimate of drug-likeness (QED) is 0.321. The van der Waals surface area contributed by atoms with Crippen molar-refractivity contribution in [2.45, 2.75) is 30.7 Å². The van der Waals surface area contributed by atoms with Gasteiger partial charge in [-0.25, -0.2) is 0 Å². The monoisotopic (exact) mass is 536 g/mol. The van der Waals surface area contributed by atoms with Crippen molar-refractivity contribution in [1.82, 2.24) is 10.6 Å². The molecule has 6 nitrogen and oxygen atoms in total. The van der Waals surface area contributed by atoms with Gasteiger partial charge in [0.1, 0.15) is 11.5 Å². The zero-order chi connectivity index (χ0) is 21.0. The number of hydrogen-bond acceptors (Lipinski definition) is 4. The first-order chi connectivity index (χ1) is 14.7. The van der Waals surface area contributed by atoms with Crippen LogP contribution in [0, 0.1) is 0 Å². The summed E-state index contributed by atoms with van der Waals surface area (Å²) in [6.07, 6.45) is 3.52. The van der Waals surface area contributed by atoms with Crippen LogP contribution in [0.4, 0.5) is 5.69 Å². The maximum Gasteiger partial charge on any atom is 0.191 e. The highest BCUT2D eigenvalue weighted by molar-refractivity contribution is 14.0. The van der Waals surface area contributed by atoms with Gasteiger partial charge in [0, 0.05) is 62.0 Å². The molecule has 31 heavy (non-hydrogen) atoms. The van der Waals surface area contributed by atoms with Gasteiger partial charge < -0.3 is 25.0 Å². The molecular weight excluding hydrogens is 503 g/mol. The summed E-state index contributed by atoms with van der Waals surface area (Å²) in [7, 11) is 5.21. The number of guanidine groups is 1. The fourth-order valence-corrected chi connectivity index (χ4v) is 4.24. The van der Waals surface area contributed by atoms with E-state index in [2.05, 4.69) is 63.0 Å². The Hall–Kier alpha value is -2.16. The number of nitrogens with one attached hydrogen (secondary N) is 2. The van der Waals surface area contributed by atoms with Crippen molar-refractivity contribution in [3.63, 3.8) is 0 Å². The van der Waals surface area contributed by atoms with Gasteiger partial charge in [-0.1, -0.05) is 30.3 Å². The van der Waals surface area contributed by atoms with Crippen molar-refractivity contribution in [2.75, 3.05) is 45.8 Å². The van der Waals surface area contributed by atoms with Gasteiger partial charge in [-0.05, 0) is 24.8 Å². The molecule has 7 heteroatoms. The summed E-state index contributed by atoms with van der Waals surface area (Å²) in [5.74, 6) is 2.51. The van der Waals surface area contributed by atoms with Crippen LogP contribution in [-0.2, 0) is 5.41 Å². The summed E-state index contributed by atoms with van der Waals surface area (Å²) < 4.78 is 10.8. The predicted octanol–water partition coefficient (Wildman–Crippen LogP) is 3.80. The maximum absolute atomic E-state index is 5.42. The zero-order valence-corrected chi connectivity index (χ0v) is 20.9. The normalized spacial score (nSPS) is 19.4. The van der Waals surface area contributed by atoms with Gasteiger partial charge in [0.15, 0.2) is 5.96 Å². The Labute approximate surface area is 202 Å². The molecule has 0 aromatic heterocycles. The molecule has 2 aromatic rings. The van der Waals surface area contributed by atoms with Crippen molar-refractivity contribution in [3.05, 3.63) is 54.1 Å². The molecule has 2 aromatic carbocycles. The van der Waals surface area contributed by atoms with Gasteiger partial charge in [0.05, 0.1) is 14.2 Å². The summed E-state index contributed by atoms with van der Waals surface area (Å²) in [5, 5.41) is 7.18. The average molecular weight is 536 g/mol. The van der Waals surface area contributed by atoms with E-state index in [1.807, 2.05) is 13.1 Å². The third kappa shape index (κ3) is 5.56. The Morgan fingerprint density at radius 2 is 1.77 bits per heavy atom. The van der Waals surface area contributed by atoms with Crippen molar-refractivity contribution in [3.8, 4) is 11.5 Å². The molecule has 1 unspecified atom stereocenters. The van der Waals surface area contributed by atoms with Gasteiger partial charge >= 0.3 is 0 Å². The summed E-state index contributed by atoms with van der Waals surface area (Å²) in [4.78, 5) is 6.83. The molecule has 1 atom stereocenters. The van der Waals surface area contributed by atoms with E-state index in [1.165, 1.54) is 18.4 Å². The van der Waals surface area contributed by atoms with Gasteiger partial charge in [0.2, 0.25) is 0 Å². The molecule has 2 aliphatic rings. The first-order valence-corrected chi connectivity index (χ1v) is 10.7. The van der Waals surface area contributed by atoms with E-state index >= 15 is 0 Å². The van der Waals surface area contributed by atoms with Gasteiger partial charge in [-0.3, -0.25) is 4.99 Å². The summed E-state index contributed by atoms with van der Waals surface area (Å²) in [6.45, 7) is 2.82. The third-order valence-electron chi connectivity index (χ3n) is 6.29.